The van der Waals surface area contributed by atoms with E-state index in [4.69, 9.17) is 10.00 Å². The van der Waals surface area contributed by atoms with Gasteiger partial charge >= 0.3 is 0 Å². The maximum Gasteiger partial charge on any atom is 0.0655 e. The minimum Gasteiger partial charge on any atom is -0.381 e. The molecule has 2 aliphatic carbocycles. The van der Waals surface area contributed by atoms with Crippen molar-refractivity contribution in [1.29, 1.82) is 5.26 Å². The quantitative estimate of drug-likeness (QED) is 0.480. The molecule has 0 N–H and O–H groups in total. The lowest BCUT2D eigenvalue weighted by molar-refractivity contribution is 0.0737. The summed E-state index contributed by atoms with van der Waals surface area (Å²) in [4.78, 5) is 0. The predicted molar refractivity (Wildman–Crippen MR) is 96.1 cm³/mol. The third-order valence-corrected chi connectivity index (χ3v) is 6.22. The largest absolute Gasteiger partial charge is 0.381 e. The van der Waals surface area contributed by atoms with E-state index >= 15 is 0 Å². The van der Waals surface area contributed by atoms with Crippen LogP contribution in [0.4, 0.5) is 0 Å². The highest BCUT2D eigenvalue weighted by molar-refractivity contribution is 4.87. The first-order valence-corrected chi connectivity index (χ1v) is 10.3. The van der Waals surface area contributed by atoms with Crippen molar-refractivity contribution in [3.8, 4) is 6.07 Å². The average Bonchev–Trinajstić information content (AvgIpc) is 2.61. The lowest BCUT2D eigenvalue weighted by Gasteiger charge is -2.30. The van der Waals surface area contributed by atoms with E-state index in [1.165, 1.54) is 70.6 Å². The Bertz CT molecular complexity index is 332. The lowest BCUT2D eigenvalue weighted by atomic mass is 9.76. The molecule has 0 heterocycles. The van der Waals surface area contributed by atoms with Crippen LogP contribution in [0.3, 0.4) is 0 Å². The van der Waals surface area contributed by atoms with Crippen LogP contribution in [0, 0.1) is 35.0 Å². The Hall–Kier alpha value is -0.550. The second-order valence-corrected chi connectivity index (χ2v) is 8.09. The maximum absolute atomic E-state index is 8.98. The fourth-order valence-corrected chi connectivity index (χ4v) is 4.44. The SMILES string of the molecule is CCCCCOCC1CCC(CC[C@H]2CC[C@H](C#N)CC2)CC1. The average molecular weight is 320 g/mol. The zero-order valence-corrected chi connectivity index (χ0v) is 15.3. The highest BCUT2D eigenvalue weighted by Crippen LogP contribution is 2.36. The van der Waals surface area contributed by atoms with E-state index in [9.17, 15) is 0 Å². The molecule has 0 aromatic heterocycles. The van der Waals surface area contributed by atoms with Crippen LogP contribution in [0.1, 0.15) is 90.4 Å². The molecule has 0 spiro atoms. The summed E-state index contributed by atoms with van der Waals surface area (Å²) in [5.74, 6) is 3.08. The molecular formula is C21H37NO. The number of unbranched alkanes of at least 4 members (excludes halogenated alkanes) is 2. The van der Waals surface area contributed by atoms with Gasteiger partial charge in [0.05, 0.1) is 6.07 Å². The zero-order chi connectivity index (χ0) is 16.3. The summed E-state index contributed by atoms with van der Waals surface area (Å²) in [6, 6.07) is 2.45. The molecule has 0 aromatic rings. The molecule has 2 rings (SSSR count). The number of ether oxygens (including phenoxy) is 1. The van der Waals surface area contributed by atoms with Gasteiger partial charge in [0.2, 0.25) is 0 Å². The third-order valence-electron chi connectivity index (χ3n) is 6.22. The molecule has 132 valence electrons. The van der Waals surface area contributed by atoms with Gasteiger partial charge in [0.25, 0.3) is 0 Å². The van der Waals surface area contributed by atoms with Crippen molar-refractivity contribution < 1.29 is 4.74 Å². The Morgan fingerprint density at radius 2 is 1.39 bits per heavy atom. The summed E-state index contributed by atoms with van der Waals surface area (Å²) in [5, 5.41) is 8.98. The topological polar surface area (TPSA) is 33.0 Å². The lowest BCUT2D eigenvalue weighted by Crippen LogP contribution is -2.20. The summed E-state index contributed by atoms with van der Waals surface area (Å²) in [6.45, 7) is 4.23. The molecule has 0 atom stereocenters. The van der Waals surface area contributed by atoms with E-state index in [1.807, 2.05) is 0 Å². The molecule has 0 bridgehead atoms. The number of hydrogen-bond acceptors (Lipinski definition) is 2. The zero-order valence-electron chi connectivity index (χ0n) is 15.3. The van der Waals surface area contributed by atoms with E-state index in [0.717, 1.165) is 43.8 Å². The van der Waals surface area contributed by atoms with E-state index in [0.29, 0.717) is 5.92 Å². The first-order chi connectivity index (χ1) is 11.3. The number of hydrogen-bond donors (Lipinski definition) is 0. The van der Waals surface area contributed by atoms with Gasteiger partial charge in [0, 0.05) is 19.1 Å². The van der Waals surface area contributed by atoms with Crippen LogP contribution < -0.4 is 0 Å². The minimum absolute atomic E-state index is 0.360. The second-order valence-electron chi connectivity index (χ2n) is 8.09. The Kier molecular flexibility index (Phi) is 9.05. The van der Waals surface area contributed by atoms with Gasteiger partial charge in [-0.15, -0.1) is 0 Å². The van der Waals surface area contributed by atoms with Gasteiger partial charge in [0.1, 0.15) is 0 Å². The molecule has 0 aromatic carbocycles. The van der Waals surface area contributed by atoms with Crippen molar-refractivity contribution in [2.45, 2.75) is 90.4 Å². The highest BCUT2D eigenvalue weighted by atomic mass is 16.5. The molecule has 0 aliphatic heterocycles. The number of nitrogens with zero attached hydrogens (tertiary/aromatic N) is 1. The van der Waals surface area contributed by atoms with E-state index in [2.05, 4.69) is 13.0 Å². The Morgan fingerprint density at radius 3 is 1.96 bits per heavy atom. The fraction of sp³-hybridized carbons (Fsp3) is 0.952. The first kappa shape index (κ1) is 18.8. The molecule has 2 heteroatoms. The molecule has 0 radical (unpaired) electrons. The van der Waals surface area contributed by atoms with E-state index in [1.54, 1.807) is 0 Å². The van der Waals surface area contributed by atoms with Gasteiger partial charge in [0.15, 0.2) is 0 Å². The van der Waals surface area contributed by atoms with Crippen LogP contribution in [0.15, 0.2) is 0 Å². The van der Waals surface area contributed by atoms with Gasteiger partial charge in [-0.25, -0.2) is 0 Å². The number of nitriles is 1. The highest BCUT2D eigenvalue weighted by Gasteiger charge is 2.24. The molecular weight excluding hydrogens is 282 g/mol. The summed E-state index contributed by atoms with van der Waals surface area (Å²) < 4.78 is 5.86. The maximum atomic E-state index is 8.98. The molecule has 23 heavy (non-hydrogen) atoms. The fourth-order valence-electron chi connectivity index (χ4n) is 4.44. The first-order valence-electron chi connectivity index (χ1n) is 10.3. The molecule has 2 nitrogen and oxygen atoms in total. The molecule has 2 saturated carbocycles. The predicted octanol–water partition coefficient (Wildman–Crippen LogP) is 6.11. The van der Waals surface area contributed by atoms with Crippen molar-refractivity contribution in [2.24, 2.45) is 23.7 Å². The monoisotopic (exact) mass is 319 g/mol. The molecule has 2 aliphatic rings. The second kappa shape index (κ2) is 11.1. The van der Waals surface area contributed by atoms with Crippen molar-refractivity contribution in [2.75, 3.05) is 13.2 Å². The van der Waals surface area contributed by atoms with Gasteiger partial charge in [-0.1, -0.05) is 45.4 Å². The molecule has 0 unspecified atom stereocenters. The standard InChI is InChI=1S/C21H37NO/c1-2-3-4-15-23-17-21-13-9-19(10-14-21)6-5-18-7-11-20(16-22)12-8-18/h18-21H,2-15,17H2,1H3/t18-,19?,20-,21?. The van der Waals surface area contributed by atoms with Crippen LogP contribution in [0.25, 0.3) is 0 Å². The van der Waals surface area contributed by atoms with E-state index < -0.39 is 0 Å². The summed E-state index contributed by atoms with van der Waals surface area (Å²) in [6.07, 6.45) is 17.2. The van der Waals surface area contributed by atoms with Crippen LogP contribution in [0.2, 0.25) is 0 Å². The van der Waals surface area contributed by atoms with Crippen molar-refractivity contribution in [3.05, 3.63) is 0 Å². The van der Waals surface area contributed by atoms with Gasteiger partial charge in [-0.3, -0.25) is 0 Å². The Balaban J connectivity index is 1.49. The van der Waals surface area contributed by atoms with Crippen molar-refractivity contribution in [3.63, 3.8) is 0 Å². The van der Waals surface area contributed by atoms with Crippen molar-refractivity contribution in [1.82, 2.24) is 0 Å². The van der Waals surface area contributed by atoms with Crippen molar-refractivity contribution >= 4 is 0 Å². The molecule has 0 saturated heterocycles. The van der Waals surface area contributed by atoms with Gasteiger partial charge in [-0.2, -0.15) is 5.26 Å². The summed E-state index contributed by atoms with van der Waals surface area (Å²) >= 11 is 0. The van der Waals surface area contributed by atoms with Crippen LogP contribution in [-0.2, 0) is 4.74 Å². The van der Waals surface area contributed by atoms with Crippen LogP contribution >= 0.6 is 0 Å². The Labute approximate surface area is 144 Å². The smallest absolute Gasteiger partial charge is 0.0655 e. The van der Waals surface area contributed by atoms with Gasteiger partial charge in [-0.05, 0) is 62.7 Å². The minimum atomic E-state index is 0.360. The Morgan fingerprint density at radius 1 is 0.826 bits per heavy atom. The summed E-state index contributed by atoms with van der Waals surface area (Å²) in [7, 11) is 0. The van der Waals surface area contributed by atoms with E-state index in [-0.39, 0.29) is 0 Å². The van der Waals surface area contributed by atoms with Crippen LogP contribution in [0.5, 0.6) is 0 Å². The molecule has 0 amide bonds. The third kappa shape index (κ3) is 7.25. The normalized spacial score (nSPS) is 31.7. The van der Waals surface area contributed by atoms with Gasteiger partial charge < -0.3 is 4.74 Å². The van der Waals surface area contributed by atoms with Crippen LogP contribution in [-0.4, -0.2) is 13.2 Å². The molecule has 2 fully saturated rings. The number of rotatable bonds is 9. The summed E-state index contributed by atoms with van der Waals surface area (Å²) in [5.41, 5.74) is 0.